The van der Waals surface area contributed by atoms with E-state index in [2.05, 4.69) is 10.6 Å². The molecule has 7 heteroatoms. The number of phenolic OH excluding ortho intramolecular Hbond substituents is 1. The Hall–Kier alpha value is -2.24. The van der Waals surface area contributed by atoms with Gasteiger partial charge in [-0.25, -0.2) is 0 Å². The van der Waals surface area contributed by atoms with Gasteiger partial charge in [-0.05, 0) is 98.1 Å². The third-order valence-electron chi connectivity index (χ3n) is 8.59. The van der Waals surface area contributed by atoms with E-state index in [-0.39, 0.29) is 32.8 Å². The molecular formula is C25H24Cl2N2O3. The molecule has 32 heavy (non-hydrogen) atoms. The second kappa shape index (κ2) is 6.88. The second-order valence-corrected chi connectivity index (χ2v) is 11.1. The van der Waals surface area contributed by atoms with Crippen molar-refractivity contribution in [2.45, 2.75) is 44.1 Å². The number of hydrogen-bond donors (Lipinski definition) is 3. The van der Waals surface area contributed by atoms with E-state index in [0.717, 1.165) is 30.6 Å². The second-order valence-electron chi connectivity index (χ2n) is 10.2. The quantitative estimate of drug-likeness (QED) is 0.539. The molecule has 4 aliphatic rings. The van der Waals surface area contributed by atoms with Gasteiger partial charge in [0.1, 0.15) is 5.75 Å². The van der Waals surface area contributed by atoms with Gasteiger partial charge < -0.3 is 15.7 Å². The van der Waals surface area contributed by atoms with Crippen LogP contribution in [0.5, 0.6) is 5.75 Å². The molecule has 0 heterocycles. The Balaban J connectivity index is 1.16. The molecule has 3 N–H and O–H groups in total. The maximum atomic E-state index is 13.1. The van der Waals surface area contributed by atoms with E-state index in [1.165, 1.54) is 37.8 Å². The lowest BCUT2D eigenvalue weighted by molar-refractivity contribution is -0.0484. The molecule has 5 atom stereocenters. The number of fused-ring (bicyclic) bond motifs is 2. The van der Waals surface area contributed by atoms with Gasteiger partial charge in [0.2, 0.25) is 0 Å². The number of aromatic hydroxyl groups is 1. The molecule has 4 saturated carbocycles. The maximum Gasteiger partial charge on any atom is 0.259 e. The first-order chi connectivity index (χ1) is 15.3. The molecule has 5 nitrogen and oxygen atoms in total. The summed E-state index contributed by atoms with van der Waals surface area (Å²) in [4.78, 5) is 25.7. The Kier molecular flexibility index (Phi) is 4.38. The Morgan fingerprint density at radius 2 is 1.69 bits per heavy atom. The number of hydrogen-bond acceptors (Lipinski definition) is 3. The molecule has 2 aromatic carbocycles. The highest BCUT2D eigenvalue weighted by Crippen LogP contribution is 2.77. The Bertz CT molecular complexity index is 1140. The highest BCUT2D eigenvalue weighted by atomic mass is 35.5. The third-order valence-corrected chi connectivity index (χ3v) is 9.09. The van der Waals surface area contributed by atoms with Crippen LogP contribution in [0.1, 0.15) is 59.2 Å². The van der Waals surface area contributed by atoms with E-state index in [9.17, 15) is 14.7 Å². The van der Waals surface area contributed by atoms with Crippen LogP contribution in [0.3, 0.4) is 0 Å². The molecule has 2 amide bonds. The zero-order valence-corrected chi connectivity index (χ0v) is 19.0. The average molecular weight is 471 g/mol. The minimum Gasteiger partial charge on any atom is -0.506 e. The third kappa shape index (κ3) is 2.83. The standard InChI is InChI=1S/C25H24Cl2N2O3/c26-17-7-19(21(30)20(27)8-17)23(32)28-18-3-1-15(2-4-18)22(31)29-25-11-14-5-13-6-16(12-25)24(25,9-13)10-14/h1-4,7-8,13-14,16,30H,5-6,9-12H2,(H,28,32)(H,29,31). The fourth-order valence-corrected chi connectivity index (χ4v) is 8.03. The molecular weight excluding hydrogens is 447 g/mol. The van der Waals surface area contributed by atoms with Crippen LogP contribution in [0.15, 0.2) is 36.4 Å². The lowest BCUT2D eigenvalue weighted by Crippen LogP contribution is -2.67. The summed E-state index contributed by atoms with van der Waals surface area (Å²) in [7, 11) is 0. The van der Waals surface area contributed by atoms with Crippen molar-refractivity contribution < 1.29 is 14.7 Å². The van der Waals surface area contributed by atoms with E-state index in [4.69, 9.17) is 23.2 Å². The van der Waals surface area contributed by atoms with Crippen LogP contribution < -0.4 is 10.6 Å². The molecule has 166 valence electrons. The van der Waals surface area contributed by atoms with Gasteiger partial charge in [0.05, 0.1) is 10.6 Å². The van der Waals surface area contributed by atoms with Gasteiger partial charge in [-0.3, -0.25) is 9.59 Å². The summed E-state index contributed by atoms with van der Waals surface area (Å²) in [6.45, 7) is 0. The van der Waals surface area contributed by atoms with Crippen molar-refractivity contribution in [3.05, 3.63) is 57.6 Å². The van der Waals surface area contributed by atoms with Gasteiger partial charge in [0.25, 0.3) is 11.8 Å². The summed E-state index contributed by atoms with van der Waals surface area (Å²) in [5.41, 5.74) is 1.43. The van der Waals surface area contributed by atoms with Gasteiger partial charge in [-0.1, -0.05) is 23.2 Å². The molecule has 1 spiro atoms. The number of benzene rings is 2. The molecule has 4 aliphatic carbocycles. The minimum atomic E-state index is -0.531. The summed E-state index contributed by atoms with van der Waals surface area (Å²) in [5, 5.41) is 16.5. The smallest absolute Gasteiger partial charge is 0.259 e. The van der Waals surface area contributed by atoms with Crippen LogP contribution in [0.4, 0.5) is 5.69 Å². The van der Waals surface area contributed by atoms with Crippen molar-refractivity contribution in [1.29, 1.82) is 0 Å². The molecule has 6 rings (SSSR count). The van der Waals surface area contributed by atoms with Crippen LogP contribution >= 0.6 is 23.2 Å². The Morgan fingerprint density at radius 3 is 2.47 bits per heavy atom. The van der Waals surface area contributed by atoms with Crippen molar-refractivity contribution in [1.82, 2.24) is 5.32 Å². The van der Waals surface area contributed by atoms with E-state index in [0.29, 0.717) is 16.7 Å². The fourth-order valence-electron chi connectivity index (χ4n) is 7.54. The van der Waals surface area contributed by atoms with Crippen LogP contribution in [-0.2, 0) is 0 Å². The van der Waals surface area contributed by atoms with Gasteiger partial charge in [-0.2, -0.15) is 0 Å². The van der Waals surface area contributed by atoms with Crippen LogP contribution in [0.2, 0.25) is 10.0 Å². The summed E-state index contributed by atoms with van der Waals surface area (Å²) in [5.74, 6) is 1.56. The highest BCUT2D eigenvalue weighted by Gasteiger charge is 2.74. The molecule has 0 saturated heterocycles. The number of nitrogens with one attached hydrogen (secondary N) is 2. The van der Waals surface area contributed by atoms with E-state index in [1.54, 1.807) is 24.3 Å². The first-order valence-corrected chi connectivity index (χ1v) is 12.0. The summed E-state index contributed by atoms with van der Waals surface area (Å²) < 4.78 is 0. The number of rotatable bonds is 4. The zero-order valence-electron chi connectivity index (χ0n) is 17.5. The first-order valence-electron chi connectivity index (χ1n) is 11.2. The topological polar surface area (TPSA) is 78.4 Å². The van der Waals surface area contributed by atoms with Gasteiger partial charge >= 0.3 is 0 Å². The van der Waals surface area contributed by atoms with Crippen LogP contribution in [0, 0.1) is 23.2 Å². The monoisotopic (exact) mass is 470 g/mol. The van der Waals surface area contributed by atoms with E-state index >= 15 is 0 Å². The van der Waals surface area contributed by atoms with Crippen molar-refractivity contribution >= 4 is 40.7 Å². The maximum absolute atomic E-state index is 13.1. The largest absolute Gasteiger partial charge is 0.506 e. The first kappa shape index (κ1) is 20.4. The number of carbonyl (C=O) groups excluding carboxylic acids is 2. The highest BCUT2D eigenvalue weighted by molar-refractivity contribution is 6.36. The van der Waals surface area contributed by atoms with Crippen molar-refractivity contribution in [3.8, 4) is 5.75 Å². The van der Waals surface area contributed by atoms with Crippen LogP contribution in [0.25, 0.3) is 0 Å². The molecule has 0 aromatic heterocycles. The molecule has 2 aromatic rings. The van der Waals surface area contributed by atoms with Gasteiger partial charge in [0.15, 0.2) is 0 Å². The summed E-state index contributed by atoms with van der Waals surface area (Å²) in [6, 6.07) is 9.55. The molecule has 0 radical (unpaired) electrons. The number of halogens is 2. The molecule has 3 bridgehead atoms. The predicted octanol–water partition coefficient (Wildman–Crippen LogP) is 5.65. The number of carbonyl (C=O) groups is 2. The van der Waals surface area contributed by atoms with Crippen molar-refractivity contribution in [3.63, 3.8) is 0 Å². The number of phenols is 1. The van der Waals surface area contributed by atoms with Crippen LogP contribution in [-0.4, -0.2) is 22.5 Å². The fraction of sp³-hybridized carbons (Fsp3) is 0.440. The minimum absolute atomic E-state index is 0.00978. The van der Waals surface area contributed by atoms with Crippen molar-refractivity contribution in [2.75, 3.05) is 5.32 Å². The Labute approximate surface area is 196 Å². The predicted molar refractivity (Wildman–Crippen MR) is 123 cm³/mol. The summed E-state index contributed by atoms with van der Waals surface area (Å²) in [6.07, 6.45) is 7.55. The van der Waals surface area contributed by atoms with Crippen molar-refractivity contribution in [2.24, 2.45) is 23.2 Å². The normalized spacial score (nSPS) is 33.5. The lowest BCUT2D eigenvalue weighted by Gasteiger charge is -2.59. The number of anilines is 1. The zero-order chi connectivity index (χ0) is 22.3. The SMILES string of the molecule is O=C(NC12CC3CC4CC(C1)C2(C4)C3)c1ccc(NC(=O)c2cc(Cl)cc(Cl)c2O)cc1. The average Bonchev–Trinajstić information content (AvgIpc) is 3.06. The van der Waals surface area contributed by atoms with E-state index < -0.39 is 5.91 Å². The lowest BCUT2D eigenvalue weighted by atomic mass is 9.51. The summed E-state index contributed by atoms with van der Waals surface area (Å²) >= 11 is 11.8. The number of amides is 2. The van der Waals surface area contributed by atoms with Gasteiger partial charge in [0, 0.05) is 21.8 Å². The van der Waals surface area contributed by atoms with E-state index in [1.807, 2.05) is 0 Å². The van der Waals surface area contributed by atoms with Gasteiger partial charge in [-0.15, -0.1) is 0 Å². The molecule has 5 unspecified atom stereocenters. The molecule has 4 fully saturated rings. The molecule has 0 aliphatic heterocycles. The Morgan fingerprint density at radius 1 is 0.938 bits per heavy atom.